The standard InChI is InChI=1S/C22H15Cl2F3N4O4/c23-12-6-7-13(14(24)10-12)17(32)30-21(22(25,26)27)15-16(28-19(21)34)31(20(35)29-18(15)33)9-8-11-4-2-1-3-5-11/h1-7,10,15H,8-9H2,(H,30,32)(H,29,33,35). The highest BCUT2D eigenvalue weighted by Gasteiger charge is 2.73. The number of urea groups is 1. The van der Waals surface area contributed by atoms with Crippen molar-refractivity contribution in [3.05, 3.63) is 69.7 Å². The average Bonchev–Trinajstić information content (AvgIpc) is 3.07. The molecule has 0 radical (unpaired) electrons. The van der Waals surface area contributed by atoms with Gasteiger partial charge in [-0.3, -0.25) is 24.6 Å². The first-order chi connectivity index (χ1) is 16.5. The van der Waals surface area contributed by atoms with Crippen LogP contribution in [0, 0.1) is 5.92 Å². The van der Waals surface area contributed by atoms with Crippen molar-refractivity contribution >= 4 is 52.8 Å². The van der Waals surface area contributed by atoms with Crippen LogP contribution in [0.25, 0.3) is 0 Å². The molecule has 2 aliphatic heterocycles. The van der Waals surface area contributed by atoms with Crippen LogP contribution in [0.15, 0.2) is 53.5 Å². The van der Waals surface area contributed by atoms with E-state index in [1.165, 1.54) is 6.07 Å². The predicted molar refractivity (Wildman–Crippen MR) is 119 cm³/mol. The van der Waals surface area contributed by atoms with Crippen molar-refractivity contribution < 1.29 is 32.3 Å². The Kier molecular flexibility index (Phi) is 6.32. The average molecular weight is 527 g/mol. The molecule has 4 rings (SSSR count). The van der Waals surface area contributed by atoms with Crippen molar-refractivity contribution in [3.8, 4) is 0 Å². The van der Waals surface area contributed by atoms with Crippen LogP contribution in [0.4, 0.5) is 18.0 Å². The van der Waals surface area contributed by atoms with Crippen molar-refractivity contribution in [1.29, 1.82) is 0 Å². The molecule has 0 bridgehead atoms. The lowest BCUT2D eigenvalue weighted by Crippen LogP contribution is -2.72. The van der Waals surface area contributed by atoms with E-state index in [1.54, 1.807) is 35.6 Å². The van der Waals surface area contributed by atoms with Gasteiger partial charge in [0.2, 0.25) is 11.4 Å². The van der Waals surface area contributed by atoms with Crippen LogP contribution in [0.1, 0.15) is 15.9 Å². The van der Waals surface area contributed by atoms with Crippen LogP contribution < -0.4 is 10.6 Å². The second kappa shape index (κ2) is 8.97. The second-order valence-corrected chi connectivity index (χ2v) is 8.62. The molecular weight excluding hydrogens is 512 g/mol. The van der Waals surface area contributed by atoms with Gasteiger partial charge in [0.1, 0.15) is 11.8 Å². The number of aliphatic imine (C=N–C) groups is 1. The fourth-order valence-electron chi connectivity index (χ4n) is 3.96. The Labute approximate surface area is 206 Å². The Bertz CT molecular complexity index is 1270. The van der Waals surface area contributed by atoms with E-state index in [0.717, 1.165) is 22.6 Å². The van der Waals surface area contributed by atoms with E-state index >= 15 is 0 Å². The molecule has 182 valence electrons. The zero-order valence-corrected chi connectivity index (χ0v) is 19.0. The largest absolute Gasteiger partial charge is 0.422 e. The Morgan fingerprint density at radius 3 is 2.43 bits per heavy atom. The molecular formula is C22H15Cl2F3N4O4. The third kappa shape index (κ3) is 4.25. The van der Waals surface area contributed by atoms with E-state index in [0.29, 0.717) is 0 Å². The van der Waals surface area contributed by atoms with Gasteiger partial charge in [-0.05, 0) is 30.2 Å². The molecule has 0 spiro atoms. The summed E-state index contributed by atoms with van der Waals surface area (Å²) >= 11 is 11.7. The number of benzene rings is 2. The molecule has 2 aromatic rings. The summed E-state index contributed by atoms with van der Waals surface area (Å²) in [5.74, 6) is -7.67. The predicted octanol–water partition coefficient (Wildman–Crippen LogP) is 3.37. The monoisotopic (exact) mass is 526 g/mol. The van der Waals surface area contributed by atoms with E-state index in [9.17, 15) is 32.3 Å². The third-order valence-electron chi connectivity index (χ3n) is 5.66. The van der Waals surface area contributed by atoms with Gasteiger partial charge in [-0.1, -0.05) is 53.5 Å². The fourth-order valence-corrected chi connectivity index (χ4v) is 4.45. The van der Waals surface area contributed by atoms with Crippen molar-refractivity contribution in [3.63, 3.8) is 0 Å². The minimum atomic E-state index is -5.46. The van der Waals surface area contributed by atoms with Crippen molar-refractivity contribution in [2.45, 2.75) is 18.1 Å². The number of hydrogen-bond acceptors (Lipinski definition) is 4. The molecule has 2 atom stereocenters. The highest BCUT2D eigenvalue weighted by molar-refractivity contribution is 6.37. The van der Waals surface area contributed by atoms with Gasteiger partial charge >= 0.3 is 12.2 Å². The summed E-state index contributed by atoms with van der Waals surface area (Å²) in [5, 5.41) is 3.33. The number of nitrogens with one attached hydrogen (secondary N) is 2. The van der Waals surface area contributed by atoms with Crippen LogP contribution in [0.3, 0.4) is 0 Å². The third-order valence-corrected chi connectivity index (χ3v) is 6.21. The Balaban J connectivity index is 1.71. The van der Waals surface area contributed by atoms with E-state index in [4.69, 9.17) is 23.2 Å². The minimum Gasteiger partial charge on any atom is -0.329 e. The number of carbonyl (C=O) groups excluding carboxylic acids is 4. The van der Waals surface area contributed by atoms with Gasteiger partial charge in [0.15, 0.2) is 0 Å². The Morgan fingerprint density at radius 1 is 1.11 bits per heavy atom. The van der Waals surface area contributed by atoms with E-state index in [1.807, 2.05) is 5.32 Å². The summed E-state index contributed by atoms with van der Waals surface area (Å²) in [6, 6.07) is 11.1. The molecule has 1 saturated heterocycles. The SMILES string of the molecule is O=C(NC1(C(F)(F)F)C(=O)N=C2C1C(=O)NC(=O)N2CCc1ccccc1)c1ccc(Cl)cc1Cl. The van der Waals surface area contributed by atoms with Gasteiger partial charge < -0.3 is 5.32 Å². The van der Waals surface area contributed by atoms with E-state index < -0.39 is 52.8 Å². The van der Waals surface area contributed by atoms with Gasteiger partial charge in [-0.25, -0.2) is 4.79 Å². The number of carbonyl (C=O) groups is 4. The number of imide groups is 1. The summed E-state index contributed by atoms with van der Waals surface area (Å²) in [4.78, 5) is 55.0. The fraction of sp³-hybridized carbons (Fsp3) is 0.227. The zero-order valence-electron chi connectivity index (χ0n) is 17.5. The molecule has 5 amide bonds. The lowest BCUT2D eigenvalue weighted by Gasteiger charge is -2.39. The summed E-state index contributed by atoms with van der Waals surface area (Å²) in [6.07, 6.45) is -5.26. The Hall–Kier alpha value is -3.44. The number of alkyl halides is 3. The van der Waals surface area contributed by atoms with Crippen molar-refractivity contribution in [2.24, 2.45) is 10.9 Å². The van der Waals surface area contributed by atoms with Gasteiger partial charge in [-0.15, -0.1) is 0 Å². The maximum Gasteiger partial charge on any atom is 0.422 e. The normalized spacial score (nSPS) is 22.0. The number of amidine groups is 1. The number of amides is 5. The number of fused-ring (bicyclic) bond motifs is 1. The first kappa shape index (κ1) is 24.7. The quantitative estimate of drug-likeness (QED) is 0.622. The smallest absolute Gasteiger partial charge is 0.329 e. The van der Waals surface area contributed by atoms with Crippen LogP contribution >= 0.6 is 23.2 Å². The molecule has 2 N–H and O–H groups in total. The molecule has 2 unspecified atom stereocenters. The molecule has 35 heavy (non-hydrogen) atoms. The molecule has 0 saturated carbocycles. The highest BCUT2D eigenvalue weighted by Crippen LogP contribution is 2.44. The van der Waals surface area contributed by atoms with Crippen molar-refractivity contribution in [1.82, 2.24) is 15.5 Å². The molecule has 2 aromatic carbocycles. The summed E-state index contributed by atoms with van der Waals surface area (Å²) in [6.45, 7) is -0.170. The molecule has 13 heteroatoms. The second-order valence-electron chi connectivity index (χ2n) is 7.77. The van der Waals surface area contributed by atoms with Gasteiger partial charge in [0, 0.05) is 11.6 Å². The molecule has 2 aliphatic rings. The minimum absolute atomic E-state index is 0.124. The maximum absolute atomic E-state index is 14.5. The maximum atomic E-state index is 14.5. The van der Waals surface area contributed by atoms with Crippen LogP contribution in [-0.2, 0) is 16.0 Å². The molecule has 0 aromatic heterocycles. The summed E-state index contributed by atoms with van der Waals surface area (Å²) in [7, 11) is 0. The number of halogens is 5. The molecule has 2 heterocycles. The van der Waals surface area contributed by atoms with Crippen LogP contribution in [0.5, 0.6) is 0 Å². The van der Waals surface area contributed by atoms with Crippen molar-refractivity contribution in [2.75, 3.05) is 6.54 Å². The highest BCUT2D eigenvalue weighted by atomic mass is 35.5. The number of rotatable bonds is 5. The summed E-state index contributed by atoms with van der Waals surface area (Å²) < 4.78 is 43.4. The number of hydrogen-bond donors (Lipinski definition) is 2. The molecule has 8 nitrogen and oxygen atoms in total. The first-order valence-electron chi connectivity index (χ1n) is 10.1. The molecule has 1 fully saturated rings. The van der Waals surface area contributed by atoms with E-state index in [2.05, 4.69) is 4.99 Å². The number of nitrogens with zero attached hydrogens (tertiary/aromatic N) is 2. The Morgan fingerprint density at radius 2 is 1.80 bits per heavy atom. The lowest BCUT2D eigenvalue weighted by molar-refractivity contribution is -0.202. The lowest BCUT2D eigenvalue weighted by atomic mass is 9.81. The van der Waals surface area contributed by atoms with Crippen LogP contribution in [0.2, 0.25) is 10.0 Å². The van der Waals surface area contributed by atoms with Crippen LogP contribution in [-0.4, -0.2) is 52.7 Å². The van der Waals surface area contributed by atoms with Gasteiger partial charge in [-0.2, -0.15) is 18.2 Å². The van der Waals surface area contributed by atoms with Gasteiger partial charge in [0.05, 0.1) is 10.6 Å². The van der Waals surface area contributed by atoms with E-state index in [-0.39, 0.29) is 23.0 Å². The zero-order chi connectivity index (χ0) is 25.5. The molecule has 0 aliphatic carbocycles. The summed E-state index contributed by atoms with van der Waals surface area (Å²) in [5.41, 5.74) is -3.40. The topological polar surface area (TPSA) is 108 Å². The first-order valence-corrected chi connectivity index (χ1v) is 10.8. The van der Waals surface area contributed by atoms with Gasteiger partial charge in [0.25, 0.3) is 11.8 Å².